The van der Waals surface area contributed by atoms with Crippen molar-refractivity contribution in [2.45, 2.75) is 25.3 Å². The molecule has 5 nitrogen and oxygen atoms in total. The second kappa shape index (κ2) is 5.42. The van der Waals surface area contributed by atoms with Crippen molar-refractivity contribution >= 4 is 18.4 Å². The first-order chi connectivity index (χ1) is 7.72. The van der Waals surface area contributed by atoms with Gasteiger partial charge in [-0.15, -0.1) is 12.4 Å². The Bertz CT molecular complexity index is 407. The normalized spacial score (nSPS) is 15.9. The molecule has 0 amide bonds. The van der Waals surface area contributed by atoms with E-state index in [1.54, 1.807) is 19.2 Å². The van der Waals surface area contributed by atoms with E-state index in [-0.39, 0.29) is 17.9 Å². The van der Waals surface area contributed by atoms with E-state index in [1.807, 2.05) is 7.05 Å². The summed E-state index contributed by atoms with van der Waals surface area (Å²) in [5, 5.41) is 3.19. The highest BCUT2D eigenvalue weighted by Crippen LogP contribution is 2.43. The van der Waals surface area contributed by atoms with Gasteiger partial charge in [0.1, 0.15) is 5.82 Å². The molecular weight excluding hydrogens is 242 g/mol. The predicted molar refractivity (Wildman–Crippen MR) is 65.2 cm³/mol. The molecule has 0 aromatic carbocycles. The van der Waals surface area contributed by atoms with E-state index >= 15 is 0 Å². The molecule has 1 fully saturated rings. The highest BCUT2D eigenvalue weighted by atomic mass is 35.5. The van der Waals surface area contributed by atoms with Crippen LogP contribution in [0.15, 0.2) is 12.3 Å². The predicted octanol–water partition coefficient (Wildman–Crippen LogP) is 1.28. The molecule has 0 aliphatic heterocycles. The largest absolute Gasteiger partial charge is 0.461 e. The summed E-state index contributed by atoms with van der Waals surface area (Å²) >= 11 is 0. The molecule has 0 saturated heterocycles. The first-order valence-electron chi connectivity index (χ1n) is 5.41. The maximum absolute atomic E-state index is 11.5. The lowest BCUT2D eigenvalue weighted by atomic mass is 10.2. The van der Waals surface area contributed by atoms with E-state index in [0.29, 0.717) is 18.1 Å². The van der Waals surface area contributed by atoms with E-state index in [0.717, 1.165) is 12.8 Å². The summed E-state index contributed by atoms with van der Waals surface area (Å²) in [6, 6.07) is 1.58. The summed E-state index contributed by atoms with van der Waals surface area (Å²) in [5.74, 6) is 0.290. The molecule has 0 radical (unpaired) electrons. The molecule has 1 aromatic heterocycles. The lowest BCUT2D eigenvalue weighted by Crippen LogP contribution is -2.27. The lowest BCUT2D eigenvalue weighted by molar-refractivity contribution is 0.0518. The minimum atomic E-state index is -0.391. The summed E-state index contributed by atoms with van der Waals surface area (Å²) in [7, 11) is 1.88. The quantitative estimate of drug-likeness (QED) is 0.824. The van der Waals surface area contributed by atoms with Gasteiger partial charge in [-0.1, -0.05) is 0 Å². The second-order valence-electron chi connectivity index (χ2n) is 3.82. The topological polar surface area (TPSA) is 64.1 Å². The van der Waals surface area contributed by atoms with Gasteiger partial charge >= 0.3 is 5.97 Å². The Balaban J connectivity index is 0.00000144. The third-order valence-corrected chi connectivity index (χ3v) is 2.80. The van der Waals surface area contributed by atoms with Crippen molar-refractivity contribution < 1.29 is 9.53 Å². The molecule has 6 heteroatoms. The van der Waals surface area contributed by atoms with Crippen molar-refractivity contribution in [2.75, 3.05) is 13.7 Å². The minimum Gasteiger partial charge on any atom is -0.461 e. The molecule has 0 bridgehead atoms. The van der Waals surface area contributed by atoms with Gasteiger partial charge in [0.2, 0.25) is 0 Å². The van der Waals surface area contributed by atoms with Gasteiger partial charge in [-0.3, -0.25) is 0 Å². The lowest BCUT2D eigenvalue weighted by Gasteiger charge is -2.12. The van der Waals surface area contributed by atoms with Crippen LogP contribution >= 0.6 is 12.4 Å². The standard InChI is InChI=1S/C11H15N3O2.ClH/c1-3-16-9(15)8-4-7-13-10(14-8)11(12-2)5-6-11;/h4,7,12H,3,5-6H2,1-2H3;1H. The van der Waals surface area contributed by atoms with Gasteiger partial charge in [0.15, 0.2) is 5.69 Å². The van der Waals surface area contributed by atoms with Crippen LogP contribution in [0.1, 0.15) is 36.1 Å². The molecule has 94 valence electrons. The van der Waals surface area contributed by atoms with Crippen molar-refractivity contribution in [3.63, 3.8) is 0 Å². The number of nitrogens with zero attached hydrogens (tertiary/aromatic N) is 2. The van der Waals surface area contributed by atoms with Gasteiger partial charge in [-0.25, -0.2) is 14.8 Å². The van der Waals surface area contributed by atoms with Crippen LogP contribution in [0.3, 0.4) is 0 Å². The van der Waals surface area contributed by atoms with Crippen LogP contribution in [-0.4, -0.2) is 29.6 Å². The van der Waals surface area contributed by atoms with Crippen molar-refractivity contribution in [2.24, 2.45) is 0 Å². The summed E-state index contributed by atoms with van der Waals surface area (Å²) in [6.07, 6.45) is 3.62. The van der Waals surface area contributed by atoms with Gasteiger partial charge < -0.3 is 10.1 Å². The third kappa shape index (κ3) is 2.73. The zero-order valence-electron chi connectivity index (χ0n) is 9.90. The highest BCUT2D eigenvalue weighted by molar-refractivity contribution is 5.87. The summed E-state index contributed by atoms with van der Waals surface area (Å²) in [4.78, 5) is 20.0. The average Bonchev–Trinajstić information content (AvgIpc) is 3.10. The van der Waals surface area contributed by atoms with Gasteiger partial charge in [-0.2, -0.15) is 0 Å². The fourth-order valence-corrected chi connectivity index (χ4v) is 1.62. The molecular formula is C11H16ClN3O2. The van der Waals surface area contributed by atoms with Crippen LogP contribution in [0.4, 0.5) is 0 Å². The number of halogens is 1. The summed E-state index contributed by atoms with van der Waals surface area (Å²) in [5.41, 5.74) is 0.205. The second-order valence-corrected chi connectivity index (χ2v) is 3.82. The number of nitrogens with one attached hydrogen (secondary N) is 1. The number of rotatable bonds is 4. The first-order valence-corrected chi connectivity index (χ1v) is 5.41. The number of carbonyl (C=O) groups is 1. The Morgan fingerprint density at radius 2 is 2.29 bits per heavy atom. The third-order valence-electron chi connectivity index (χ3n) is 2.80. The summed E-state index contributed by atoms with van der Waals surface area (Å²) < 4.78 is 4.90. The van der Waals surface area contributed by atoms with Crippen LogP contribution in [0.2, 0.25) is 0 Å². The Morgan fingerprint density at radius 3 is 2.82 bits per heavy atom. The highest BCUT2D eigenvalue weighted by Gasteiger charge is 2.45. The molecule has 1 aromatic rings. The van der Waals surface area contributed by atoms with E-state index in [4.69, 9.17) is 4.74 Å². The molecule has 1 heterocycles. The van der Waals surface area contributed by atoms with Gasteiger partial charge in [0, 0.05) is 6.20 Å². The van der Waals surface area contributed by atoms with Crippen molar-refractivity contribution in [1.29, 1.82) is 0 Å². The maximum Gasteiger partial charge on any atom is 0.357 e. The number of hydrogen-bond donors (Lipinski definition) is 1. The number of esters is 1. The Kier molecular flexibility index (Phi) is 4.42. The number of aromatic nitrogens is 2. The molecule has 1 saturated carbocycles. The fraction of sp³-hybridized carbons (Fsp3) is 0.545. The van der Waals surface area contributed by atoms with Gasteiger partial charge in [0.05, 0.1) is 12.1 Å². The van der Waals surface area contributed by atoms with Crippen molar-refractivity contribution in [1.82, 2.24) is 15.3 Å². The van der Waals surface area contributed by atoms with Crippen LogP contribution < -0.4 is 5.32 Å². The smallest absolute Gasteiger partial charge is 0.357 e. The Hall–Kier alpha value is -1.20. The zero-order valence-corrected chi connectivity index (χ0v) is 10.7. The first kappa shape index (κ1) is 13.9. The molecule has 1 aliphatic carbocycles. The monoisotopic (exact) mass is 257 g/mol. The fourth-order valence-electron chi connectivity index (χ4n) is 1.62. The van der Waals surface area contributed by atoms with Gasteiger partial charge in [0.25, 0.3) is 0 Å². The van der Waals surface area contributed by atoms with Crippen molar-refractivity contribution in [3.05, 3.63) is 23.8 Å². The molecule has 0 spiro atoms. The summed E-state index contributed by atoms with van der Waals surface area (Å²) in [6.45, 7) is 2.13. The molecule has 0 atom stereocenters. The van der Waals surface area contributed by atoms with E-state index in [2.05, 4.69) is 15.3 Å². The van der Waals surface area contributed by atoms with E-state index in [1.165, 1.54) is 0 Å². The Morgan fingerprint density at radius 1 is 1.59 bits per heavy atom. The van der Waals surface area contributed by atoms with Crippen LogP contribution in [-0.2, 0) is 10.3 Å². The minimum absolute atomic E-state index is 0. The molecule has 17 heavy (non-hydrogen) atoms. The molecule has 2 rings (SSSR count). The number of ether oxygens (including phenoxy) is 1. The van der Waals surface area contributed by atoms with Gasteiger partial charge in [-0.05, 0) is 32.9 Å². The van der Waals surface area contributed by atoms with Crippen LogP contribution in [0.25, 0.3) is 0 Å². The van der Waals surface area contributed by atoms with Crippen LogP contribution in [0.5, 0.6) is 0 Å². The van der Waals surface area contributed by atoms with E-state index in [9.17, 15) is 4.79 Å². The molecule has 1 aliphatic rings. The zero-order chi connectivity index (χ0) is 11.6. The number of hydrogen-bond acceptors (Lipinski definition) is 5. The van der Waals surface area contributed by atoms with Crippen molar-refractivity contribution in [3.8, 4) is 0 Å². The number of carbonyl (C=O) groups excluding carboxylic acids is 1. The molecule has 1 N–H and O–H groups in total. The molecule has 0 unspecified atom stereocenters. The van der Waals surface area contributed by atoms with E-state index < -0.39 is 5.97 Å². The van der Waals surface area contributed by atoms with Crippen LogP contribution in [0, 0.1) is 0 Å². The SMILES string of the molecule is CCOC(=O)c1ccnc(C2(NC)CC2)n1.Cl. The Labute approximate surface area is 106 Å². The maximum atomic E-state index is 11.5. The average molecular weight is 258 g/mol.